The van der Waals surface area contributed by atoms with Gasteiger partial charge in [-0.2, -0.15) is 0 Å². The topological polar surface area (TPSA) is 84.0 Å². The third kappa shape index (κ3) is 6.81. The standard InChI is InChI=1S/C32H30N4O2S2/c1-19-5-11-27-23(13-19)15-21(3)31(35-27)39-17-29(37)33-25-7-9-26(10-8-25)34-30(38)18-40-32-22(4)16-24-14-20(2)6-12-28(24)36-32/h5-16H,17-18H2,1-4H3,(H,33,37)(H,34,38). The Labute approximate surface area is 242 Å². The average Bonchev–Trinajstić information content (AvgIpc) is 2.92. The van der Waals surface area contributed by atoms with Crippen molar-refractivity contribution < 1.29 is 9.59 Å². The molecule has 202 valence electrons. The van der Waals surface area contributed by atoms with Crippen molar-refractivity contribution in [1.29, 1.82) is 0 Å². The molecule has 2 N–H and O–H groups in total. The van der Waals surface area contributed by atoms with Gasteiger partial charge in [-0.25, -0.2) is 9.97 Å². The lowest BCUT2D eigenvalue weighted by atomic mass is 10.1. The minimum Gasteiger partial charge on any atom is -0.325 e. The van der Waals surface area contributed by atoms with E-state index in [2.05, 4.69) is 48.7 Å². The fourth-order valence-electron chi connectivity index (χ4n) is 4.36. The van der Waals surface area contributed by atoms with Gasteiger partial charge in [0.2, 0.25) is 11.8 Å². The summed E-state index contributed by atoms with van der Waals surface area (Å²) in [5.74, 6) is 0.277. The van der Waals surface area contributed by atoms with E-state index in [1.807, 2.05) is 38.1 Å². The summed E-state index contributed by atoms with van der Waals surface area (Å²) in [7, 11) is 0. The molecule has 0 radical (unpaired) electrons. The van der Waals surface area contributed by atoms with Crippen LogP contribution < -0.4 is 10.6 Å². The predicted octanol–water partition coefficient (Wildman–Crippen LogP) is 7.48. The van der Waals surface area contributed by atoms with Crippen molar-refractivity contribution in [1.82, 2.24) is 9.97 Å². The molecule has 2 amide bonds. The summed E-state index contributed by atoms with van der Waals surface area (Å²) in [5.41, 5.74) is 7.68. The number of anilines is 2. The lowest BCUT2D eigenvalue weighted by molar-refractivity contribution is -0.114. The highest BCUT2D eigenvalue weighted by Crippen LogP contribution is 2.27. The molecule has 3 aromatic carbocycles. The van der Waals surface area contributed by atoms with Gasteiger partial charge in [-0.3, -0.25) is 9.59 Å². The number of nitrogens with one attached hydrogen (secondary N) is 2. The molecule has 2 heterocycles. The second-order valence-corrected chi connectivity index (χ2v) is 11.8. The summed E-state index contributed by atoms with van der Waals surface area (Å²) >= 11 is 2.85. The molecule has 6 nitrogen and oxygen atoms in total. The first-order valence-corrected chi connectivity index (χ1v) is 14.9. The van der Waals surface area contributed by atoms with Crippen LogP contribution in [0.25, 0.3) is 21.8 Å². The van der Waals surface area contributed by atoms with Crippen molar-refractivity contribution in [2.45, 2.75) is 37.7 Å². The number of nitrogens with zero attached hydrogens (tertiary/aromatic N) is 2. The molecule has 40 heavy (non-hydrogen) atoms. The Kier molecular flexibility index (Phi) is 8.38. The summed E-state index contributed by atoms with van der Waals surface area (Å²) in [4.78, 5) is 34.6. The van der Waals surface area contributed by atoms with E-state index >= 15 is 0 Å². The van der Waals surface area contributed by atoms with Crippen LogP contribution in [0.4, 0.5) is 11.4 Å². The zero-order chi connectivity index (χ0) is 28.2. The summed E-state index contributed by atoms with van der Waals surface area (Å²) < 4.78 is 0. The number of thioether (sulfide) groups is 2. The normalized spacial score (nSPS) is 11.1. The van der Waals surface area contributed by atoms with Crippen molar-refractivity contribution in [3.8, 4) is 0 Å². The quantitative estimate of drug-likeness (QED) is 0.190. The van der Waals surface area contributed by atoms with Gasteiger partial charge in [-0.05, 0) is 99.5 Å². The van der Waals surface area contributed by atoms with Crippen molar-refractivity contribution in [3.05, 3.63) is 95.1 Å². The van der Waals surface area contributed by atoms with Gasteiger partial charge in [0.25, 0.3) is 0 Å². The second-order valence-electron chi connectivity index (χ2n) is 9.86. The van der Waals surface area contributed by atoms with Crippen LogP contribution in [0.15, 0.2) is 82.8 Å². The molecular weight excluding hydrogens is 537 g/mol. The van der Waals surface area contributed by atoms with Crippen molar-refractivity contribution >= 4 is 68.5 Å². The number of aromatic nitrogens is 2. The molecule has 0 saturated carbocycles. The number of amides is 2. The molecule has 0 atom stereocenters. The lowest BCUT2D eigenvalue weighted by Gasteiger charge is -2.10. The summed E-state index contributed by atoms with van der Waals surface area (Å²) in [6, 6.07) is 23.7. The van der Waals surface area contributed by atoms with Crippen LogP contribution >= 0.6 is 23.5 Å². The molecular formula is C32H30N4O2S2. The maximum absolute atomic E-state index is 12.6. The summed E-state index contributed by atoms with van der Waals surface area (Å²) in [6.07, 6.45) is 0. The molecule has 0 bridgehead atoms. The monoisotopic (exact) mass is 566 g/mol. The largest absolute Gasteiger partial charge is 0.325 e. The van der Waals surface area contributed by atoms with E-state index in [0.717, 1.165) is 43.0 Å². The van der Waals surface area contributed by atoms with Crippen molar-refractivity contribution in [2.24, 2.45) is 0 Å². The van der Waals surface area contributed by atoms with E-state index in [1.54, 1.807) is 24.3 Å². The van der Waals surface area contributed by atoms with Crippen LogP contribution in [0.2, 0.25) is 0 Å². The number of hydrogen-bond donors (Lipinski definition) is 2. The SMILES string of the molecule is Cc1ccc2nc(SCC(=O)Nc3ccc(NC(=O)CSc4nc5ccc(C)cc5cc4C)cc3)c(C)cc2c1. The highest BCUT2D eigenvalue weighted by atomic mass is 32.2. The van der Waals surface area contributed by atoms with Gasteiger partial charge in [0.1, 0.15) is 10.1 Å². The molecule has 0 spiro atoms. The highest BCUT2D eigenvalue weighted by Gasteiger charge is 2.11. The Morgan fingerprint density at radius 3 is 1.40 bits per heavy atom. The summed E-state index contributed by atoms with van der Waals surface area (Å²) in [6.45, 7) is 8.16. The Bertz CT molecular complexity index is 1610. The molecule has 5 aromatic rings. The second kappa shape index (κ2) is 12.1. The molecule has 0 aliphatic rings. The maximum Gasteiger partial charge on any atom is 0.234 e. The summed E-state index contributed by atoms with van der Waals surface area (Å²) in [5, 5.41) is 9.75. The van der Waals surface area contributed by atoms with Crippen LogP contribution in [0.1, 0.15) is 22.3 Å². The predicted molar refractivity (Wildman–Crippen MR) is 168 cm³/mol. The number of benzene rings is 3. The smallest absolute Gasteiger partial charge is 0.234 e. The zero-order valence-electron chi connectivity index (χ0n) is 22.9. The fraction of sp³-hybridized carbons (Fsp3) is 0.188. The van der Waals surface area contributed by atoms with Gasteiger partial charge < -0.3 is 10.6 Å². The van der Waals surface area contributed by atoms with Crippen molar-refractivity contribution in [3.63, 3.8) is 0 Å². The Balaban J connectivity index is 1.11. The molecule has 0 unspecified atom stereocenters. The average molecular weight is 567 g/mol. The number of carbonyl (C=O) groups is 2. The maximum atomic E-state index is 12.6. The van der Waals surface area contributed by atoms with Gasteiger partial charge in [0.15, 0.2) is 0 Å². The van der Waals surface area contributed by atoms with Crippen molar-refractivity contribution in [2.75, 3.05) is 22.1 Å². The molecule has 5 rings (SSSR count). The number of aryl methyl sites for hydroxylation is 4. The van der Waals surface area contributed by atoms with Crippen LogP contribution in [0.5, 0.6) is 0 Å². The lowest BCUT2D eigenvalue weighted by Crippen LogP contribution is -2.15. The number of carbonyl (C=O) groups excluding carboxylic acids is 2. The Hall–Kier alpha value is -3.88. The zero-order valence-corrected chi connectivity index (χ0v) is 24.5. The molecule has 0 fully saturated rings. The number of hydrogen-bond acceptors (Lipinski definition) is 6. The molecule has 8 heteroatoms. The van der Waals surface area contributed by atoms with E-state index in [1.165, 1.54) is 34.7 Å². The third-order valence-electron chi connectivity index (χ3n) is 6.36. The Morgan fingerprint density at radius 1 is 0.600 bits per heavy atom. The first kappa shape index (κ1) is 27.7. The van der Waals surface area contributed by atoms with Gasteiger partial charge in [-0.15, -0.1) is 0 Å². The molecule has 0 saturated heterocycles. The number of fused-ring (bicyclic) bond motifs is 2. The van der Waals surface area contributed by atoms with Gasteiger partial charge in [0, 0.05) is 22.1 Å². The van der Waals surface area contributed by atoms with Gasteiger partial charge in [0.05, 0.1) is 22.5 Å². The van der Waals surface area contributed by atoms with E-state index in [4.69, 9.17) is 9.97 Å². The molecule has 0 aliphatic carbocycles. The van der Waals surface area contributed by atoms with Gasteiger partial charge in [-0.1, -0.05) is 46.8 Å². The first-order valence-electron chi connectivity index (χ1n) is 12.9. The van der Waals surface area contributed by atoms with E-state index in [-0.39, 0.29) is 23.3 Å². The number of rotatable bonds is 8. The van der Waals surface area contributed by atoms with E-state index in [0.29, 0.717) is 11.4 Å². The van der Waals surface area contributed by atoms with E-state index < -0.39 is 0 Å². The molecule has 0 aliphatic heterocycles. The highest BCUT2D eigenvalue weighted by molar-refractivity contribution is 8.00. The minimum absolute atomic E-state index is 0.114. The molecule has 2 aromatic heterocycles. The van der Waals surface area contributed by atoms with E-state index in [9.17, 15) is 9.59 Å². The fourth-order valence-corrected chi connectivity index (χ4v) is 5.94. The minimum atomic E-state index is -0.114. The number of pyridine rings is 2. The van der Waals surface area contributed by atoms with Crippen LogP contribution in [-0.4, -0.2) is 33.3 Å². The van der Waals surface area contributed by atoms with Crippen LogP contribution in [0, 0.1) is 27.7 Å². The Morgan fingerprint density at radius 2 is 1.00 bits per heavy atom. The third-order valence-corrected chi connectivity index (χ3v) is 8.55. The van der Waals surface area contributed by atoms with Crippen LogP contribution in [0.3, 0.4) is 0 Å². The van der Waals surface area contributed by atoms with Crippen LogP contribution in [-0.2, 0) is 9.59 Å². The van der Waals surface area contributed by atoms with Gasteiger partial charge >= 0.3 is 0 Å². The first-order chi connectivity index (χ1) is 19.2.